The van der Waals surface area contributed by atoms with Crippen molar-refractivity contribution < 1.29 is 0 Å². The lowest BCUT2D eigenvalue weighted by Gasteiger charge is -2.23. The molecule has 0 saturated carbocycles. The highest BCUT2D eigenvalue weighted by Gasteiger charge is 2.12. The molecule has 2 heterocycles. The summed E-state index contributed by atoms with van der Waals surface area (Å²) in [7, 11) is 0. The van der Waals surface area contributed by atoms with E-state index in [1.165, 1.54) is 11.3 Å². The van der Waals surface area contributed by atoms with Gasteiger partial charge in [0, 0.05) is 38.3 Å². The van der Waals surface area contributed by atoms with Crippen molar-refractivity contribution in [2.24, 2.45) is 0 Å². The molecular formula is C12H20ClN3. The monoisotopic (exact) mass is 241 g/mol. The average molecular weight is 242 g/mol. The fraction of sp³-hybridized carbons (Fsp3) is 0.583. The quantitative estimate of drug-likeness (QED) is 0.878. The zero-order valence-corrected chi connectivity index (χ0v) is 10.8. The first-order valence-electron chi connectivity index (χ1n) is 5.79. The number of anilines is 1. The predicted octanol–water partition coefficient (Wildman–Crippen LogP) is 2.00. The molecule has 0 atom stereocenters. The van der Waals surface area contributed by atoms with Crippen LogP contribution in [0.25, 0.3) is 0 Å². The Morgan fingerprint density at radius 2 is 2.06 bits per heavy atom. The number of fused-ring (bicyclic) bond motifs is 1. The summed E-state index contributed by atoms with van der Waals surface area (Å²) < 4.78 is 0. The van der Waals surface area contributed by atoms with E-state index in [4.69, 9.17) is 4.98 Å². The van der Waals surface area contributed by atoms with E-state index >= 15 is 0 Å². The summed E-state index contributed by atoms with van der Waals surface area (Å²) in [6.45, 7) is 8.43. The lowest BCUT2D eigenvalue weighted by Crippen LogP contribution is -2.27. The maximum absolute atomic E-state index is 4.74. The number of rotatable bonds is 3. The van der Waals surface area contributed by atoms with Crippen LogP contribution in [0.1, 0.15) is 25.1 Å². The highest BCUT2D eigenvalue weighted by Crippen LogP contribution is 2.17. The molecule has 1 aliphatic rings. The van der Waals surface area contributed by atoms with E-state index in [1.807, 2.05) is 0 Å². The minimum absolute atomic E-state index is 0. The zero-order chi connectivity index (χ0) is 10.7. The Hall–Kier alpha value is -0.800. The Morgan fingerprint density at radius 3 is 2.75 bits per heavy atom. The third-order valence-corrected chi connectivity index (χ3v) is 3.00. The van der Waals surface area contributed by atoms with Crippen molar-refractivity contribution in [3.05, 3.63) is 23.4 Å². The number of nitrogens with zero attached hydrogens (tertiary/aromatic N) is 2. The van der Waals surface area contributed by atoms with Crippen molar-refractivity contribution in [2.75, 3.05) is 24.5 Å². The number of nitrogens with one attached hydrogen (secondary N) is 1. The summed E-state index contributed by atoms with van der Waals surface area (Å²) >= 11 is 0. The van der Waals surface area contributed by atoms with E-state index in [2.05, 4.69) is 36.2 Å². The van der Waals surface area contributed by atoms with Crippen LogP contribution in [-0.2, 0) is 13.0 Å². The van der Waals surface area contributed by atoms with Gasteiger partial charge in [0.05, 0.1) is 0 Å². The lowest BCUT2D eigenvalue weighted by atomic mass is 10.1. The van der Waals surface area contributed by atoms with Crippen molar-refractivity contribution in [1.29, 1.82) is 0 Å². The van der Waals surface area contributed by atoms with Crippen molar-refractivity contribution in [1.82, 2.24) is 10.3 Å². The summed E-state index contributed by atoms with van der Waals surface area (Å²) in [5, 5.41) is 3.36. The van der Waals surface area contributed by atoms with Gasteiger partial charge < -0.3 is 10.2 Å². The van der Waals surface area contributed by atoms with Gasteiger partial charge in [0.15, 0.2) is 0 Å². The first-order chi connectivity index (χ1) is 7.35. The van der Waals surface area contributed by atoms with Crippen LogP contribution in [0.5, 0.6) is 0 Å². The first-order valence-corrected chi connectivity index (χ1v) is 5.79. The van der Waals surface area contributed by atoms with Gasteiger partial charge in [-0.05, 0) is 25.5 Å². The second-order valence-corrected chi connectivity index (χ2v) is 3.87. The van der Waals surface area contributed by atoms with Crippen LogP contribution in [0.2, 0.25) is 0 Å². The van der Waals surface area contributed by atoms with Gasteiger partial charge >= 0.3 is 0 Å². The van der Waals surface area contributed by atoms with E-state index in [0.717, 1.165) is 38.4 Å². The van der Waals surface area contributed by atoms with E-state index in [0.29, 0.717) is 0 Å². The van der Waals surface area contributed by atoms with Gasteiger partial charge in [-0.3, -0.25) is 0 Å². The molecule has 1 N–H and O–H groups in total. The normalized spacial score (nSPS) is 13.9. The average Bonchev–Trinajstić information content (AvgIpc) is 2.30. The van der Waals surface area contributed by atoms with Crippen molar-refractivity contribution in [3.63, 3.8) is 0 Å². The second-order valence-electron chi connectivity index (χ2n) is 3.87. The minimum atomic E-state index is 0. The van der Waals surface area contributed by atoms with Crippen molar-refractivity contribution >= 4 is 18.2 Å². The Labute approximate surface area is 104 Å². The van der Waals surface area contributed by atoms with Crippen molar-refractivity contribution in [3.8, 4) is 0 Å². The third-order valence-electron chi connectivity index (χ3n) is 3.00. The maximum Gasteiger partial charge on any atom is 0.128 e. The topological polar surface area (TPSA) is 28.2 Å². The SMILES string of the molecule is CCN(CC)c1ccc2c(n1)CCNC2.Cl. The van der Waals surface area contributed by atoms with Crippen LogP contribution in [0.4, 0.5) is 5.82 Å². The van der Waals surface area contributed by atoms with Crippen molar-refractivity contribution in [2.45, 2.75) is 26.8 Å². The molecule has 3 nitrogen and oxygen atoms in total. The molecule has 0 amide bonds. The van der Waals surface area contributed by atoms with Crippen LogP contribution < -0.4 is 10.2 Å². The molecule has 0 aliphatic carbocycles. The molecule has 4 heteroatoms. The number of pyridine rings is 1. The van der Waals surface area contributed by atoms with Gasteiger partial charge in [0.25, 0.3) is 0 Å². The highest BCUT2D eigenvalue weighted by atomic mass is 35.5. The smallest absolute Gasteiger partial charge is 0.128 e. The van der Waals surface area contributed by atoms with Crippen LogP contribution >= 0.6 is 12.4 Å². The molecule has 0 radical (unpaired) electrons. The van der Waals surface area contributed by atoms with Gasteiger partial charge in [-0.25, -0.2) is 4.98 Å². The largest absolute Gasteiger partial charge is 0.357 e. The Bertz CT molecular complexity index is 337. The fourth-order valence-corrected chi connectivity index (χ4v) is 2.05. The van der Waals surface area contributed by atoms with E-state index in [9.17, 15) is 0 Å². The maximum atomic E-state index is 4.74. The molecule has 0 unspecified atom stereocenters. The molecule has 1 aromatic rings. The van der Waals surface area contributed by atoms with Gasteiger partial charge in [-0.1, -0.05) is 6.07 Å². The predicted molar refractivity (Wildman–Crippen MR) is 70.5 cm³/mol. The molecule has 0 fully saturated rings. The summed E-state index contributed by atoms with van der Waals surface area (Å²) in [4.78, 5) is 7.04. The summed E-state index contributed by atoms with van der Waals surface area (Å²) in [6.07, 6.45) is 1.06. The molecule has 0 aromatic carbocycles. The molecule has 1 aromatic heterocycles. The van der Waals surface area contributed by atoms with Gasteiger partial charge in [-0.15, -0.1) is 12.4 Å². The summed E-state index contributed by atoms with van der Waals surface area (Å²) in [5.41, 5.74) is 2.63. The van der Waals surface area contributed by atoms with E-state index in [-0.39, 0.29) is 12.4 Å². The number of hydrogen-bond donors (Lipinski definition) is 1. The van der Waals surface area contributed by atoms with E-state index in [1.54, 1.807) is 0 Å². The molecule has 16 heavy (non-hydrogen) atoms. The fourth-order valence-electron chi connectivity index (χ4n) is 2.05. The summed E-state index contributed by atoms with van der Waals surface area (Å²) in [6, 6.07) is 4.35. The first kappa shape index (κ1) is 13.3. The molecule has 0 saturated heterocycles. The van der Waals surface area contributed by atoms with Gasteiger partial charge in [0.2, 0.25) is 0 Å². The van der Waals surface area contributed by atoms with E-state index < -0.39 is 0 Å². The number of aromatic nitrogens is 1. The van der Waals surface area contributed by atoms with Crippen LogP contribution in [0.15, 0.2) is 12.1 Å². The molecule has 0 bridgehead atoms. The number of halogens is 1. The van der Waals surface area contributed by atoms with Crippen LogP contribution in [0.3, 0.4) is 0 Å². The molecule has 0 spiro atoms. The Kier molecular flexibility index (Phi) is 5.03. The van der Waals surface area contributed by atoms with Crippen LogP contribution in [-0.4, -0.2) is 24.6 Å². The molecule has 2 rings (SSSR count). The molecule has 90 valence electrons. The van der Waals surface area contributed by atoms with Crippen LogP contribution in [0, 0.1) is 0 Å². The second kappa shape index (κ2) is 6.06. The lowest BCUT2D eigenvalue weighted by molar-refractivity contribution is 0.629. The highest BCUT2D eigenvalue weighted by molar-refractivity contribution is 5.85. The standard InChI is InChI=1S/C12H19N3.ClH/c1-3-15(4-2)12-6-5-10-9-13-8-7-11(10)14-12;/h5-6,13H,3-4,7-9H2,1-2H3;1H. The Morgan fingerprint density at radius 1 is 1.31 bits per heavy atom. The van der Waals surface area contributed by atoms with Gasteiger partial charge in [0.1, 0.15) is 5.82 Å². The number of hydrogen-bond acceptors (Lipinski definition) is 3. The minimum Gasteiger partial charge on any atom is -0.357 e. The summed E-state index contributed by atoms with van der Waals surface area (Å²) in [5.74, 6) is 1.13. The molecular weight excluding hydrogens is 222 g/mol. The molecule has 1 aliphatic heterocycles. The zero-order valence-electron chi connectivity index (χ0n) is 9.99. The van der Waals surface area contributed by atoms with Gasteiger partial charge in [-0.2, -0.15) is 0 Å². The third kappa shape index (κ3) is 2.66. The Balaban J connectivity index is 0.00000128.